The van der Waals surface area contributed by atoms with Crippen LogP contribution < -0.4 is 25.8 Å². The fourth-order valence-electron chi connectivity index (χ4n) is 2.66. The van der Waals surface area contributed by atoms with Gasteiger partial charge in [0.2, 0.25) is 6.79 Å². The first-order valence-electron chi connectivity index (χ1n) is 8.25. The van der Waals surface area contributed by atoms with E-state index in [4.69, 9.17) is 15.2 Å². The van der Waals surface area contributed by atoms with Gasteiger partial charge >= 0.3 is 0 Å². The Labute approximate surface area is 155 Å². The third-order valence-electron chi connectivity index (χ3n) is 4.05. The Hall–Kier alpha value is -3.81. The van der Waals surface area contributed by atoms with E-state index in [1.165, 1.54) is 13.3 Å². The predicted molar refractivity (Wildman–Crippen MR) is 102 cm³/mol. The first-order valence-corrected chi connectivity index (χ1v) is 8.25. The quantitative estimate of drug-likeness (QED) is 0.591. The Morgan fingerprint density at radius 2 is 1.70 bits per heavy atom. The van der Waals surface area contributed by atoms with Crippen LogP contribution in [0.5, 0.6) is 11.5 Å². The second-order valence-corrected chi connectivity index (χ2v) is 5.94. The van der Waals surface area contributed by atoms with Crippen molar-refractivity contribution in [2.75, 3.05) is 23.2 Å². The summed E-state index contributed by atoms with van der Waals surface area (Å²) < 4.78 is 10.7. The normalized spacial score (nSPS) is 11.9. The summed E-state index contributed by atoms with van der Waals surface area (Å²) in [6.07, 6.45) is 1.41. The van der Waals surface area contributed by atoms with E-state index in [-0.39, 0.29) is 12.6 Å². The van der Waals surface area contributed by atoms with E-state index in [2.05, 4.69) is 20.6 Å². The Balaban J connectivity index is 1.58. The number of nitrogens with two attached hydrogens (primary N) is 1. The number of ketones is 1. The van der Waals surface area contributed by atoms with Crippen molar-refractivity contribution in [1.29, 1.82) is 0 Å². The number of nitrogens with zero attached hydrogens (tertiary/aromatic N) is 2. The molecule has 0 radical (unpaired) electrons. The zero-order valence-corrected chi connectivity index (χ0v) is 14.5. The summed E-state index contributed by atoms with van der Waals surface area (Å²) in [4.78, 5) is 19.9. The van der Waals surface area contributed by atoms with Crippen LogP contribution in [0.25, 0.3) is 0 Å². The second kappa shape index (κ2) is 6.83. The topological polar surface area (TPSA) is 111 Å². The van der Waals surface area contributed by atoms with Crippen molar-refractivity contribution >= 4 is 34.5 Å². The van der Waals surface area contributed by atoms with Gasteiger partial charge in [0.15, 0.2) is 28.9 Å². The van der Waals surface area contributed by atoms with Gasteiger partial charge in [0, 0.05) is 23.0 Å². The van der Waals surface area contributed by atoms with Crippen molar-refractivity contribution in [3.8, 4) is 11.5 Å². The molecule has 2 heterocycles. The lowest BCUT2D eigenvalue weighted by molar-refractivity contribution is 0.101. The number of carbonyl (C=O) groups excluding carboxylic acids is 1. The van der Waals surface area contributed by atoms with Gasteiger partial charge in [0.05, 0.1) is 0 Å². The average molecular weight is 363 g/mol. The molecule has 0 atom stereocenters. The number of ether oxygens (including phenoxy) is 2. The van der Waals surface area contributed by atoms with E-state index in [1.54, 1.807) is 18.2 Å². The minimum atomic E-state index is -0.0144. The number of aromatic nitrogens is 2. The molecule has 0 unspecified atom stereocenters. The van der Waals surface area contributed by atoms with E-state index < -0.39 is 0 Å². The molecule has 8 heteroatoms. The van der Waals surface area contributed by atoms with Gasteiger partial charge in [-0.3, -0.25) is 4.79 Å². The lowest BCUT2D eigenvalue weighted by Gasteiger charge is -2.13. The minimum Gasteiger partial charge on any atom is -0.454 e. The zero-order valence-electron chi connectivity index (χ0n) is 14.5. The maximum absolute atomic E-state index is 11.5. The molecular weight excluding hydrogens is 346 g/mol. The molecule has 0 fully saturated rings. The molecule has 0 amide bonds. The van der Waals surface area contributed by atoms with Crippen LogP contribution in [0.3, 0.4) is 0 Å². The fourth-order valence-corrected chi connectivity index (χ4v) is 2.66. The van der Waals surface area contributed by atoms with Gasteiger partial charge in [-0.05, 0) is 31.2 Å². The smallest absolute Gasteiger partial charge is 0.231 e. The monoisotopic (exact) mass is 363 g/mol. The number of anilines is 5. The molecule has 0 aliphatic carbocycles. The number of nitrogen functional groups attached to an aromatic ring is 1. The summed E-state index contributed by atoms with van der Waals surface area (Å²) in [6.45, 7) is 1.73. The van der Waals surface area contributed by atoms with Crippen LogP contribution in [0, 0.1) is 0 Å². The third kappa shape index (κ3) is 3.45. The Bertz CT molecular complexity index is 1020. The highest BCUT2D eigenvalue weighted by Crippen LogP contribution is 2.36. The van der Waals surface area contributed by atoms with Crippen molar-refractivity contribution in [2.45, 2.75) is 6.92 Å². The molecule has 1 aromatic heterocycles. The SMILES string of the molecule is CC(=O)c1cccc(Nc2ncnc(Nc3ccc4c(c3)OCO4)c2N)c1. The van der Waals surface area contributed by atoms with Gasteiger partial charge in [-0.2, -0.15) is 0 Å². The van der Waals surface area contributed by atoms with Gasteiger partial charge in [-0.15, -0.1) is 0 Å². The molecule has 0 spiro atoms. The summed E-state index contributed by atoms with van der Waals surface area (Å²) in [7, 11) is 0. The molecule has 1 aliphatic rings. The molecule has 1 aliphatic heterocycles. The van der Waals surface area contributed by atoms with E-state index in [0.29, 0.717) is 40.1 Å². The standard InChI is InChI=1S/C19H17N5O3/c1-11(25)12-3-2-4-13(7-12)23-18-17(20)19(22-9-21-18)24-14-5-6-15-16(8-14)27-10-26-15/h2-9H,10,20H2,1H3,(H2,21,22,23,24). The second-order valence-electron chi connectivity index (χ2n) is 5.94. The van der Waals surface area contributed by atoms with Gasteiger partial charge in [-0.25, -0.2) is 9.97 Å². The minimum absolute atomic E-state index is 0.0144. The summed E-state index contributed by atoms with van der Waals surface area (Å²) in [5, 5.41) is 6.27. The number of rotatable bonds is 5. The molecule has 0 bridgehead atoms. The molecule has 4 N–H and O–H groups in total. The molecule has 0 saturated carbocycles. The van der Waals surface area contributed by atoms with Crippen molar-refractivity contribution in [3.63, 3.8) is 0 Å². The van der Waals surface area contributed by atoms with Gasteiger partial charge in [0.1, 0.15) is 12.0 Å². The molecule has 27 heavy (non-hydrogen) atoms. The van der Waals surface area contributed by atoms with Crippen molar-refractivity contribution in [1.82, 2.24) is 9.97 Å². The zero-order chi connectivity index (χ0) is 18.8. The first-order chi connectivity index (χ1) is 13.1. The van der Waals surface area contributed by atoms with Gasteiger partial charge < -0.3 is 25.8 Å². The maximum Gasteiger partial charge on any atom is 0.231 e. The van der Waals surface area contributed by atoms with E-state index >= 15 is 0 Å². The Kier molecular flexibility index (Phi) is 4.21. The van der Waals surface area contributed by atoms with Gasteiger partial charge in [-0.1, -0.05) is 12.1 Å². The third-order valence-corrected chi connectivity index (χ3v) is 4.05. The molecule has 3 aromatic rings. The highest BCUT2D eigenvalue weighted by Gasteiger charge is 2.15. The predicted octanol–water partition coefficient (Wildman–Crippen LogP) is 3.48. The molecule has 8 nitrogen and oxygen atoms in total. The number of hydrogen-bond acceptors (Lipinski definition) is 8. The molecule has 2 aromatic carbocycles. The van der Waals surface area contributed by atoms with Crippen molar-refractivity contribution in [3.05, 3.63) is 54.4 Å². The van der Waals surface area contributed by atoms with Crippen molar-refractivity contribution < 1.29 is 14.3 Å². The lowest BCUT2D eigenvalue weighted by Crippen LogP contribution is -2.05. The number of hydrogen-bond donors (Lipinski definition) is 3. The Morgan fingerprint density at radius 3 is 2.44 bits per heavy atom. The summed E-state index contributed by atoms with van der Waals surface area (Å²) in [5.41, 5.74) is 8.64. The lowest BCUT2D eigenvalue weighted by atomic mass is 10.1. The van der Waals surface area contributed by atoms with Crippen molar-refractivity contribution in [2.24, 2.45) is 0 Å². The van der Waals surface area contributed by atoms with E-state index in [9.17, 15) is 4.79 Å². The number of fused-ring (bicyclic) bond motifs is 1. The number of nitrogens with one attached hydrogen (secondary N) is 2. The molecule has 0 saturated heterocycles. The fraction of sp³-hybridized carbons (Fsp3) is 0.105. The van der Waals surface area contributed by atoms with E-state index in [0.717, 1.165) is 5.69 Å². The van der Waals surface area contributed by atoms with Crippen LogP contribution in [0.2, 0.25) is 0 Å². The van der Waals surface area contributed by atoms with Gasteiger partial charge in [0.25, 0.3) is 0 Å². The highest BCUT2D eigenvalue weighted by molar-refractivity contribution is 5.95. The van der Waals surface area contributed by atoms with E-state index in [1.807, 2.05) is 24.3 Å². The average Bonchev–Trinajstić information content (AvgIpc) is 3.13. The van der Waals surface area contributed by atoms with Crippen LogP contribution in [0.4, 0.5) is 28.7 Å². The summed E-state index contributed by atoms with van der Waals surface area (Å²) >= 11 is 0. The summed E-state index contributed by atoms with van der Waals surface area (Å²) in [6, 6.07) is 12.6. The first kappa shape index (κ1) is 16.6. The largest absolute Gasteiger partial charge is 0.454 e. The van der Waals surface area contributed by atoms with Crippen LogP contribution in [-0.2, 0) is 0 Å². The number of benzene rings is 2. The van der Waals surface area contributed by atoms with Crippen LogP contribution in [-0.4, -0.2) is 22.5 Å². The molecule has 4 rings (SSSR count). The van der Waals surface area contributed by atoms with Crippen LogP contribution in [0.15, 0.2) is 48.8 Å². The number of Topliss-reactive ketones (excluding diaryl/α,β-unsaturated/α-hetero) is 1. The highest BCUT2D eigenvalue weighted by atomic mass is 16.7. The van der Waals surface area contributed by atoms with Crippen LogP contribution in [0.1, 0.15) is 17.3 Å². The number of carbonyl (C=O) groups is 1. The molecular formula is C19H17N5O3. The maximum atomic E-state index is 11.5. The Morgan fingerprint density at radius 1 is 1.00 bits per heavy atom. The molecule has 136 valence electrons. The summed E-state index contributed by atoms with van der Waals surface area (Å²) in [5.74, 6) is 2.23. The van der Waals surface area contributed by atoms with Crippen LogP contribution >= 0.6 is 0 Å².